The number of aryl methyl sites for hydroxylation is 1. The number of benzene rings is 1. The van der Waals surface area contributed by atoms with Gasteiger partial charge in [0.1, 0.15) is 0 Å². The van der Waals surface area contributed by atoms with Crippen LogP contribution in [0.15, 0.2) is 30.6 Å². The largest absolute Gasteiger partial charge is 0.313 e. The van der Waals surface area contributed by atoms with E-state index in [9.17, 15) is 0 Å². The fourth-order valence-electron chi connectivity index (χ4n) is 1.20. The van der Waals surface area contributed by atoms with E-state index in [4.69, 9.17) is 0 Å². The average Bonchev–Trinajstić information content (AvgIpc) is 2.22. The Balaban J connectivity index is 0.000000531. The molecule has 2 aromatic rings. The van der Waals surface area contributed by atoms with Crippen molar-refractivity contribution in [3.63, 3.8) is 0 Å². The van der Waals surface area contributed by atoms with Gasteiger partial charge in [-0.05, 0) is 6.20 Å². The van der Waals surface area contributed by atoms with Gasteiger partial charge in [0.2, 0.25) is 0 Å². The Morgan fingerprint density at radius 3 is 2.57 bits per heavy atom. The number of rotatable bonds is 0. The summed E-state index contributed by atoms with van der Waals surface area (Å²) < 4.78 is 0. The Labute approximate surface area is 111 Å². The molecule has 0 N–H and O–H groups in total. The molecule has 0 aliphatic heterocycles. The van der Waals surface area contributed by atoms with Crippen molar-refractivity contribution < 1.29 is 32.7 Å². The predicted molar refractivity (Wildman–Crippen MR) is 56.7 cm³/mol. The smallest absolute Gasteiger partial charge is 0.00673 e. The summed E-state index contributed by atoms with van der Waals surface area (Å²) in [5, 5.41) is 2.33. The summed E-state index contributed by atoms with van der Waals surface area (Å²) in [7, 11) is 0. The van der Waals surface area contributed by atoms with Crippen LogP contribution < -0.4 is 0 Å². The molecule has 2 heteroatoms. The van der Waals surface area contributed by atoms with Crippen molar-refractivity contribution in [2.45, 2.75) is 20.8 Å². The Kier molecular flexibility index (Phi) is 6.95. The van der Waals surface area contributed by atoms with Crippen LogP contribution in [0.5, 0.6) is 0 Å². The van der Waals surface area contributed by atoms with Crippen molar-refractivity contribution in [3.05, 3.63) is 42.2 Å². The second kappa shape index (κ2) is 7.08. The summed E-state index contributed by atoms with van der Waals surface area (Å²) in [5.41, 5.74) is 1.28. The molecule has 1 radical (unpaired) electrons. The molecule has 71 valence electrons. The Morgan fingerprint density at radius 2 is 1.93 bits per heavy atom. The van der Waals surface area contributed by atoms with Gasteiger partial charge in [0.15, 0.2) is 0 Å². The fourth-order valence-corrected chi connectivity index (χ4v) is 1.20. The normalized spacial score (nSPS) is 8.50. The van der Waals surface area contributed by atoms with E-state index in [0.717, 1.165) is 5.39 Å². The maximum atomic E-state index is 4.02. The van der Waals surface area contributed by atoms with Gasteiger partial charge in [-0.3, -0.25) is 0 Å². The van der Waals surface area contributed by atoms with E-state index in [1.165, 1.54) is 10.9 Å². The average molecular weight is 261 g/mol. The zero-order valence-corrected chi connectivity index (χ0v) is 11.7. The van der Waals surface area contributed by atoms with Crippen molar-refractivity contribution in [2.75, 3.05) is 0 Å². The van der Waals surface area contributed by atoms with Crippen LogP contribution in [-0.4, -0.2) is 4.98 Å². The zero-order chi connectivity index (χ0) is 9.68. The zero-order valence-electron chi connectivity index (χ0n) is 8.91. The van der Waals surface area contributed by atoms with Crippen LogP contribution in [0.2, 0.25) is 0 Å². The molecule has 0 spiro atoms. The molecule has 0 unspecified atom stereocenters. The van der Waals surface area contributed by atoms with Gasteiger partial charge >= 0.3 is 0 Å². The van der Waals surface area contributed by atoms with E-state index in [1.54, 1.807) is 0 Å². The summed E-state index contributed by atoms with van der Waals surface area (Å²) in [6, 6.07) is 9.13. The van der Waals surface area contributed by atoms with Gasteiger partial charge in [-0.25, -0.2) is 0 Å². The van der Waals surface area contributed by atoms with Crippen molar-refractivity contribution in [1.82, 2.24) is 4.98 Å². The third-order valence-electron chi connectivity index (χ3n) is 1.82. The number of aromatic nitrogens is 1. The maximum absolute atomic E-state index is 4.02. The molecular weight excluding hydrogens is 247 g/mol. The van der Waals surface area contributed by atoms with Crippen molar-refractivity contribution in [3.8, 4) is 0 Å². The summed E-state index contributed by atoms with van der Waals surface area (Å²) in [5.74, 6) is 0. The first-order valence-electron chi connectivity index (χ1n) is 4.59. The van der Waals surface area contributed by atoms with Gasteiger partial charge in [0.25, 0.3) is 0 Å². The molecule has 0 amide bonds. The molecule has 0 aliphatic rings. The topological polar surface area (TPSA) is 12.9 Å². The number of hydrogen-bond acceptors (Lipinski definition) is 1. The Bertz CT molecular complexity index is 379. The van der Waals surface area contributed by atoms with Gasteiger partial charge in [-0.15, -0.1) is 34.5 Å². The summed E-state index contributed by atoms with van der Waals surface area (Å²) in [6.45, 7) is 6.09. The van der Waals surface area contributed by atoms with Crippen LogP contribution in [0.25, 0.3) is 10.8 Å². The minimum Gasteiger partial charge on any atom is -0.313 e. The first kappa shape index (κ1) is 13.7. The number of nitrogens with zero attached hydrogens (tertiary/aromatic N) is 1. The Hall–Kier alpha value is -0.266. The van der Waals surface area contributed by atoms with Gasteiger partial charge in [-0.2, -0.15) is 0 Å². The molecule has 2 rings (SSSR count). The van der Waals surface area contributed by atoms with Gasteiger partial charge in [-0.1, -0.05) is 26.8 Å². The minimum atomic E-state index is 0. The monoisotopic (exact) mass is 261 g/mol. The van der Waals surface area contributed by atoms with Gasteiger partial charge in [0.05, 0.1) is 0 Å². The molecule has 1 nitrogen and oxygen atoms in total. The first-order valence-corrected chi connectivity index (χ1v) is 4.59. The van der Waals surface area contributed by atoms with E-state index in [-0.39, 0.29) is 32.7 Å². The fraction of sp³-hybridized carbons (Fsp3) is 0.250. The van der Waals surface area contributed by atoms with Crippen LogP contribution in [0.1, 0.15) is 19.4 Å². The second-order valence-corrected chi connectivity index (χ2v) is 2.58. The molecule has 1 aromatic heterocycles. The van der Waals surface area contributed by atoms with Gasteiger partial charge < -0.3 is 4.98 Å². The molecule has 1 heterocycles. The van der Waals surface area contributed by atoms with Crippen molar-refractivity contribution in [2.24, 2.45) is 0 Å². The summed E-state index contributed by atoms with van der Waals surface area (Å²) >= 11 is 0. The van der Waals surface area contributed by atoms with Gasteiger partial charge in [0, 0.05) is 38.9 Å². The number of fused-ring (bicyclic) bond motifs is 1. The standard InChI is InChI=1S/C10H8N.C2H6.Y/c1-8-3-2-4-9-7-11-6-5-10(8)9;1-2;/h2-3,5-7H,1H3;1-2H3;/q-1;;. The first-order chi connectivity index (χ1) is 6.38. The van der Waals surface area contributed by atoms with Crippen LogP contribution in [-0.2, 0) is 32.7 Å². The van der Waals surface area contributed by atoms with E-state index in [0.29, 0.717) is 0 Å². The van der Waals surface area contributed by atoms with Crippen molar-refractivity contribution >= 4 is 10.8 Å². The van der Waals surface area contributed by atoms with Crippen LogP contribution in [0.3, 0.4) is 0 Å². The molecule has 0 bridgehead atoms. The van der Waals surface area contributed by atoms with Crippen LogP contribution >= 0.6 is 0 Å². The number of hydrogen-bond donors (Lipinski definition) is 0. The number of pyridine rings is 1. The third-order valence-corrected chi connectivity index (χ3v) is 1.82. The summed E-state index contributed by atoms with van der Waals surface area (Å²) in [4.78, 5) is 4.02. The second-order valence-electron chi connectivity index (χ2n) is 2.58. The van der Waals surface area contributed by atoms with E-state index < -0.39 is 0 Å². The molecule has 0 atom stereocenters. The predicted octanol–water partition coefficient (Wildman–Crippen LogP) is 3.37. The third kappa shape index (κ3) is 3.14. The molecule has 0 saturated carbocycles. The Morgan fingerprint density at radius 1 is 1.21 bits per heavy atom. The van der Waals surface area contributed by atoms with E-state index in [2.05, 4.69) is 24.0 Å². The van der Waals surface area contributed by atoms with Crippen molar-refractivity contribution in [1.29, 1.82) is 0 Å². The SMILES string of the molecule is CC.Cc1cc[c-]c2cnccc12.[Y]. The van der Waals surface area contributed by atoms with E-state index in [1.807, 2.05) is 38.4 Å². The maximum Gasteiger partial charge on any atom is 0.00673 e. The van der Waals surface area contributed by atoms with Crippen LogP contribution in [0, 0.1) is 13.0 Å². The summed E-state index contributed by atoms with van der Waals surface area (Å²) in [6.07, 6.45) is 3.64. The molecule has 14 heavy (non-hydrogen) atoms. The van der Waals surface area contributed by atoms with Crippen LogP contribution in [0.4, 0.5) is 0 Å². The van der Waals surface area contributed by atoms with E-state index >= 15 is 0 Å². The quantitative estimate of drug-likeness (QED) is 0.662. The molecule has 0 aliphatic carbocycles. The molecule has 0 saturated heterocycles. The molecule has 1 aromatic carbocycles. The minimum absolute atomic E-state index is 0. The molecule has 0 fully saturated rings. The molecular formula is C12H14NY-.